The average Bonchev–Trinajstić information content (AvgIpc) is 4.26. The van der Waals surface area contributed by atoms with Crippen molar-refractivity contribution in [3.05, 3.63) is 76.5 Å². The second-order valence-electron chi connectivity index (χ2n) is 23.5. The molecule has 416 valence electrons. The van der Waals surface area contributed by atoms with Crippen molar-refractivity contribution in [2.24, 2.45) is 11.8 Å². The maximum atomic E-state index is 17.5. The van der Waals surface area contributed by atoms with Crippen molar-refractivity contribution >= 4 is 57.0 Å². The van der Waals surface area contributed by atoms with E-state index in [1.807, 2.05) is 24.0 Å². The van der Waals surface area contributed by atoms with E-state index in [0.29, 0.717) is 128 Å². The normalized spacial score (nSPS) is 24.9. The molecular formula is C60H69F2N9O8. The van der Waals surface area contributed by atoms with Gasteiger partial charge in [0.05, 0.1) is 29.3 Å². The number of piperidine rings is 3. The van der Waals surface area contributed by atoms with Crippen LogP contribution in [0.25, 0.3) is 32.9 Å². The Bertz CT molecular complexity index is 3260. The summed E-state index contributed by atoms with van der Waals surface area (Å²) in [6.45, 7) is 8.65. The van der Waals surface area contributed by atoms with Crippen molar-refractivity contribution in [1.29, 1.82) is 0 Å². The van der Waals surface area contributed by atoms with Crippen molar-refractivity contribution in [2.75, 3.05) is 75.5 Å². The van der Waals surface area contributed by atoms with E-state index in [-0.39, 0.29) is 71.5 Å². The number of nitrogens with zero attached hydrogens (tertiary/aromatic N) is 8. The van der Waals surface area contributed by atoms with Gasteiger partial charge in [0.25, 0.3) is 5.91 Å². The third-order valence-electron chi connectivity index (χ3n) is 18.9. The molecule has 0 radical (unpaired) electrons. The van der Waals surface area contributed by atoms with Gasteiger partial charge in [-0.25, -0.2) is 18.6 Å². The SMILES string of the molecule is CCc1c(F)ccc2cc(O)cc(-c3nc4c5c(nc(OC[C@@]67CCCN6[C@H](COC(=O)N6CCC(CC8CCN(c9ccc%10c(c9)CN(C9CCC(=O)NC9=O)C%10=O)CC8)CC6)CC7)nc5c3F)N3CCCOC[C@@H]3CC4)c12. The number of rotatable bonds is 11. The Balaban J connectivity index is 0.632. The molecule has 3 aromatic carbocycles. The smallest absolute Gasteiger partial charge is 0.409 e. The molecule has 19 heteroatoms. The lowest BCUT2D eigenvalue weighted by molar-refractivity contribution is -0.136. The first kappa shape index (κ1) is 51.7. The van der Waals surface area contributed by atoms with Crippen LogP contribution in [0.5, 0.6) is 11.8 Å². The van der Waals surface area contributed by atoms with Gasteiger partial charge in [0.1, 0.15) is 47.9 Å². The zero-order valence-corrected chi connectivity index (χ0v) is 45.0. The van der Waals surface area contributed by atoms with Gasteiger partial charge < -0.3 is 38.9 Å². The minimum absolute atomic E-state index is 0.00228. The number of likely N-dealkylation sites (tertiary alicyclic amines) is 1. The van der Waals surface area contributed by atoms with Crippen molar-refractivity contribution in [3.63, 3.8) is 0 Å². The number of fused-ring (bicyclic) bond motifs is 5. The molecule has 10 heterocycles. The largest absolute Gasteiger partial charge is 0.508 e. The first-order chi connectivity index (χ1) is 38.4. The number of aryl methyl sites for hydroxylation is 2. The summed E-state index contributed by atoms with van der Waals surface area (Å²) in [5.41, 5.74) is 3.76. The first-order valence-corrected chi connectivity index (χ1v) is 28.9. The second kappa shape index (κ2) is 21.1. The molecule has 0 spiro atoms. The van der Waals surface area contributed by atoms with Crippen LogP contribution in [0, 0.1) is 23.5 Å². The molecule has 2 aromatic heterocycles. The van der Waals surface area contributed by atoms with E-state index in [2.05, 4.69) is 26.1 Å². The Labute approximate surface area is 457 Å². The topological polar surface area (TPSA) is 183 Å². The number of amides is 4. The number of carbonyl (C=O) groups excluding carboxylic acids is 4. The van der Waals surface area contributed by atoms with Crippen molar-refractivity contribution < 1.29 is 47.3 Å². The fourth-order valence-corrected chi connectivity index (χ4v) is 14.8. The Kier molecular flexibility index (Phi) is 13.8. The fourth-order valence-electron chi connectivity index (χ4n) is 14.8. The Morgan fingerprint density at radius 2 is 1.67 bits per heavy atom. The van der Waals surface area contributed by atoms with Crippen LogP contribution < -0.4 is 19.9 Å². The molecule has 0 aliphatic carbocycles. The minimum Gasteiger partial charge on any atom is -0.508 e. The van der Waals surface area contributed by atoms with Crippen LogP contribution in [0.1, 0.15) is 118 Å². The lowest BCUT2D eigenvalue weighted by atomic mass is 9.83. The van der Waals surface area contributed by atoms with Crippen molar-refractivity contribution in [2.45, 2.75) is 133 Å². The van der Waals surface area contributed by atoms with Gasteiger partial charge >= 0.3 is 12.1 Å². The molecule has 5 aromatic rings. The molecule has 6 fully saturated rings. The maximum absolute atomic E-state index is 17.5. The summed E-state index contributed by atoms with van der Waals surface area (Å²) in [7, 11) is 0. The summed E-state index contributed by atoms with van der Waals surface area (Å²) in [4.78, 5) is 76.6. The average molecular weight is 1080 g/mol. The summed E-state index contributed by atoms with van der Waals surface area (Å²) in [6.07, 6.45) is 11.4. The minimum atomic E-state index is -0.683. The first-order valence-electron chi connectivity index (χ1n) is 28.9. The van der Waals surface area contributed by atoms with Crippen molar-refractivity contribution in [3.8, 4) is 23.0 Å². The number of anilines is 2. The number of imide groups is 1. The van der Waals surface area contributed by atoms with E-state index < -0.39 is 23.6 Å². The predicted octanol–water partition coefficient (Wildman–Crippen LogP) is 8.22. The predicted molar refractivity (Wildman–Crippen MR) is 291 cm³/mol. The third-order valence-corrected chi connectivity index (χ3v) is 18.9. The maximum Gasteiger partial charge on any atom is 0.409 e. The number of carbonyl (C=O) groups is 4. The van der Waals surface area contributed by atoms with Gasteiger partial charge in [-0.1, -0.05) is 13.0 Å². The number of nitrogens with one attached hydrogen (secondary N) is 1. The van der Waals surface area contributed by atoms with E-state index in [4.69, 9.17) is 29.2 Å². The lowest BCUT2D eigenvalue weighted by Gasteiger charge is -2.37. The number of halogens is 2. The molecule has 1 unspecified atom stereocenters. The van der Waals surface area contributed by atoms with E-state index in [0.717, 1.165) is 95.1 Å². The van der Waals surface area contributed by atoms with Gasteiger partial charge in [-0.3, -0.25) is 24.6 Å². The van der Waals surface area contributed by atoms with Gasteiger partial charge in [-0.2, -0.15) is 9.97 Å². The number of hydrogen-bond acceptors (Lipinski definition) is 14. The highest BCUT2D eigenvalue weighted by Gasteiger charge is 2.50. The van der Waals surface area contributed by atoms with Gasteiger partial charge in [0.2, 0.25) is 11.8 Å². The highest BCUT2D eigenvalue weighted by atomic mass is 19.1. The summed E-state index contributed by atoms with van der Waals surface area (Å²) in [6, 6.07) is 11.5. The molecule has 6 saturated heterocycles. The molecule has 0 saturated carbocycles. The number of pyridine rings is 1. The van der Waals surface area contributed by atoms with Crippen LogP contribution in [0.15, 0.2) is 42.5 Å². The number of phenols is 1. The molecular weight excluding hydrogens is 1010 g/mol. The van der Waals surface area contributed by atoms with E-state index in [1.54, 1.807) is 17.0 Å². The number of phenolic OH excluding ortho intramolecular Hbond substituents is 1. The van der Waals surface area contributed by atoms with Gasteiger partial charge in [-0.15, -0.1) is 0 Å². The van der Waals surface area contributed by atoms with Gasteiger partial charge in [-0.05, 0) is 167 Å². The molecule has 8 aliphatic heterocycles. The number of aromatic nitrogens is 3. The summed E-state index contributed by atoms with van der Waals surface area (Å²) in [5.74, 6) is -0.276. The molecule has 17 nitrogen and oxygen atoms in total. The number of ether oxygens (including phenoxy) is 3. The van der Waals surface area contributed by atoms with Crippen LogP contribution in [-0.4, -0.2) is 148 Å². The Hall–Kier alpha value is -6.73. The van der Waals surface area contributed by atoms with Crippen LogP contribution >= 0.6 is 0 Å². The van der Waals surface area contributed by atoms with Crippen LogP contribution in [0.4, 0.5) is 25.1 Å². The number of hydrogen-bond donors (Lipinski definition) is 2. The zero-order chi connectivity index (χ0) is 54.1. The number of aromatic hydroxyl groups is 1. The third kappa shape index (κ3) is 9.55. The van der Waals surface area contributed by atoms with Gasteiger partial charge in [0.15, 0.2) is 5.82 Å². The van der Waals surface area contributed by atoms with Crippen LogP contribution in [0.3, 0.4) is 0 Å². The van der Waals surface area contributed by atoms with E-state index in [1.165, 1.54) is 12.1 Å². The molecule has 13 rings (SSSR count). The number of benzene rings is 3. The molecule has 4 amide bonds. The molecule has 4 atom stereocenters. The van der Waals surface area contributed by atoms with E-state index in [9.17, 15) is 24.3 Å². The Morgan fingerprint density at radius 1 is 0.848 bits per heavy atom. The van der Waals surface area contributed by atoms with Crippen molar-refractivity contribution in [1.82, 2.24) is 35.0 Å². The quantitative estimate of drug-likeness (QED) is 0.121. The van der Waals surface area contributed by atoms with E-state index >= 15 is 8.78 Å². The van der Waals surface area contributed by atoms with Crippen LogP contribution in [-0.2, 0) is 38.4 Å². The molecule has 8 aliphatic rings. The molecule has 2 N–H and O–H groups in total. The lowest BCUT2D eigenvalue weighted by Crippen LogP contribution is -2.52. The molecule has 0 bridgehead atoms. The summed E-state index contributed by atoms with van der Waals surface area (Å²) in [5, 5.41) is 14.9. The Morgan fingerprint density at radius 3 is 2.48 bits per heavy atom. The zero-order valence-electron chi connectivity index (χ0n) is 45.0. The standard InChI is InChI=1S/C60H69F2N9O8/c1-2-43-46(61)9-5-37-29-42(72)30-45(50(37)43)53-52(62)54-51-47(63-53)10-7-40-32-77-26-4-20-69(40)55(51)66-58(65-54)79-34-60-18-3-21-71(60)41(13-19-60)33-78-59(76)68-24-16-36(17-25-68)27-35-14-22-67(23-15-35)39-6-8-44-38(28-39)31-70(57(44)75)48-11-12-49(73)64-56(48)74/h5-6,8-9,28-30,35-36,40-41,48,72H,2-4,7,10-27,31-34H2,1H3,(H,64,73,74)/t40-,41-,48?,60-/m0/s1. The fraction of sp³-hybridized carbons (Fsp3) is 0.550. The second-order valence-corrected chi connectivity index (χ2v) is 23.5. The molecule has 79 heavy (non-hydrogen) atoms. The highest BCUT2D eigenvalue weighted by molar-refractivity contribution is 6.06. The van der Waals surface area contributed by atoms with Gasteiger partial charge in [0, 0.05) is 75.2 Å². The summed E-state index contributed by atoms with van der Waals surface area (Å²) < 4.78 is 51.7. The summed E-state index contributed by atoms with van der Waals surface area (Å²) >= 11 is 0. The highest BCUT2D eigenvalue weighted by Crippen LogP contribution is 2.45. The van der Waals surface area contributed by atoms with Crippen LogP contribution in [0.2, 0.25) is 0 Å². The monoisotopic (exact) mass is 1080 g/mol.